The molecule has 1 aromatic heterocycles. The number of carbonyl (C=O) groups is 2. The van der Waals surface area contributed by atoms with Gasteiger partial charge in [-0.3, -0.25) is 14.3 Å². The van der Waals surface area contributed by atoms with E-state index in [9.17, 15) is 18.0 Å². The molecule has 0 aliphatic rings. The molecule has 13 nitrogen and oxygen atoms in total. The molecule has 0 radical (unpaired) electrons. The van der Waals surface area contributed by atoms with Gasteiger partial charge in [0.25, 0.3) is 11.8 Å². The Labute approximate surface area is 327 Å². The lowest BCUT2D eigenvalue weighted by atomic mass is 9.86. The number of nitrogens with zero attached hydrogens (tertiary/aromatic N) is 2. The van der Waals surface area contributed by atoms with Crippen molar-refractivity contribution in [2.75, 3.05) is 62.2 Å². The molecule has 0 aliphatic carbocycles. The molecule has 0 saturated heterocycles. The summed E-state index contributed by atoms with van der Waals surface area (Å²) in [6, 6.07) is 19.7. The standard InChI is InChI=1S/C42H46N6O7S/c1-9-27-18-30(39(49)43-14-15-55-17-16-53-6)21-33(19-27)45-41-44-25-31-20-28(12-13-35(31)47-41)34-22-29(11-10-26(34)2)40(50)46-36-23-32(42(3,4)5)24-37(38(36)54-7)48-56(8,51)52/h1,10-13,18-25,48H,14-17H2,2-8H3,(H,43,49)(H,46,50)(H,44,45,47). The number of sulfonamides is 1. The molecule has 5 aromatic rings. The van der Waals surface area contributed by atoms with Crippen LogP contribution < -0.4 is 25.4 Å². The highest BCUT2D eigenvalue weighted by molar-refractivity contribution is 7.92. The van der Waals surface area contributed by atoms with E-state index in [2.05, 4.69) is 36.6 Å². The number of ether oxygens (including phenoxy) is 3. The smallest absolute Gasteiger partial charge is 0.255 e. The third-order valence-electron chi connectivity index (χ3n) is 8.67. The maximum atomic E-state index is 13.7. The van der Waals surface area contributed by atoms with Gasteiger partial charge in [0.15, 0.2) is 5.75 Å². The lowest BCUT2D eigenvalue weighted by Gasteiger charge is -2.24. The fourth-order valence-electron chi connectivity index (χ4n) is 5.81. The van der Waals surface area contributed by atoms with Crippen molar-refractivity contribution in [3.05, 3.63) is 101 Å². The number of anilines is 4. The second-order valence-corrected chi connectivity index (χ2v) is 15.9. The molecule has 0 saturated carbocycles. The lowest BCUT2D eigenvalue weighted by Crippen LogP contribution is -2.27. The minimum absolute atomic E-state index is 0.192. The van der Waals surface area contributed by atoms with Crippen LogP contribution in [-0.4, -0.2) is 77.0 Å². The van der Waals surface area contributed by atoms with Gasteiger partial charge in [-0.25, -0.2) is 18.4 Å². The largest absolute Gasteiger partial charge is 0.492 e. The molecule has 5 rings (SSSR count). The summed E-state index contributed by atoms with van der Waals surface area (Å²) in [6.45, 7) is 9.52. The first-order valence-corrected chi connectivity index (χ1v) is 19.6. The Morgan fingerprint density at radius 1 is 0.893 bits per heavy atom. The zero-order valence-corrected chi connectivity index (χ0v) is 33.3. The van der Waals surface area contributed by atoms with E-state index in [4.69, 9.17) is 20.6 Å². The summed E-state index contributed by atoms with van der Waals surface area (Å²) in [5, 5.41) is 9.69. The van der Waals surface area contributed by atoms with E-state index in [1.807, 2.05) is 52.0 Å². The van der Waals surface area contributed by atoms with Gasteiger partial charge in [0.1, 0.15) is 0 Å². The summed E-state index contributed by atoms with van der Waals surface area (Å²) in [5.41, 5.74) is 6.11. The van der Waals surface area contributed by atoms with E-state index in [0.29, 0.717) is 65.9 Å². The molecule has 56 heavy (non-hydrogen) atoms. The van der Waals surface area contributed by atoms with Crippen LogP contribution in [0.5, 0.6) is 5.75 Å². The molecule has 0 unspecified atom stereocenters. The summed E-state index contributed by atoms with van der Waals surface area (Å²) in [4.78, 5) is 35.8. The highest BCUT2D eigenvalue weighted by Crippen LogP contribution is 2.39. The highest BCUT2D eigenvalue weighted by Gasteiger charge is 2.23. The predicted octanol–water partition coefficient (Wildman–Crippen LogP) is 6.65. The summed E-state index contributed by atoms with van der Waals surface area (Å²) in [6.07, 6.45) is 8.44. The number of fused-ring (bicyclic) bond motifs is 1. The molecule has 2 amide bonds. The molecule has 0 bridgehead atoms. The fourth-order valence-corrected chi connectivity index (χ4v) is 6.36. The predicted molar refractivity (Wildman–Crippen MR) is 221 cm³/mol. The molecule has 0 atom stereocenters. The van der Waals surface area contributed by atoms with Crippen LogP contribution >= 0.6 is 0 Å². The Hall–Kier alpha value is -6.01. The van der Waals surface area contributed by atoms with Crippen molar-refractivity contribution in [3.63, 3.8) is 0 Å². The summed E-state index contributed by atoms with van der Waals surface area (Å²) in [7, 11) is -0.625. The van der Waals surface area contributed by atoms with Crippen LogP contribution in [0.25, 0.3) is 22.0 Å². The van der Waals surface area contributed by atoms with Gasteiger partial charge in [-0.05, 0) is 89.2 Å². The molecule has 0 spiro atoms. The van der Waals surface area contributed by atoms with Gasteiger partial charge >= 0.3 is 0 Å². The second-order valence-electron chi connectivity index (χ2n) is 14.1. The SMILES string of the molecule is C#Cc1cc(Nc2ncc3cc(-c4cc(C(=O)Nc5cc(C(C)(C)C)cc(NS(C)(=O)=O)c5OC)ccc4C)ccc3n2)cc(C(=O)NCCOCCOC)c1. The molecule has 4 N–H and O–H groups in total. The van der Waals surface area contributed by atoms with Gasteiger partial charge < -0.3 is 30.2 Å². The van der Waals surface area contributed by atoms with Crippen molar-refractivity contribution < 1.29 is 32.2 Å². The van der Waals surface area contributed by atoms with Gasteiger partial charge in [0, 0.05) is 47.6 Å². The minimum atomic E-state index is -3.64. The Kier molecular flexibility index (Phi) is 13.0. The van der Waals surface area contributed by atoms with Crippen LogP contribution in [0.2, 0.25) is 0 Å². The van der Waals surface area contributed by atoms with Gasteiger partial charge in [-0.1, -0.05) is 38.8 Å². The van der Waals surface area contributed by atoms with Gasteiger partial charge in [-0.2, -0.15) is 0 Å². The number of terminal acetylenes is 1. The molecule has 292 valence electrons. The van der Waals surface area contributed by atoms with E-state index in [0.717, 1.165) is 33.9 Å². The number of aromatic nitrogens is 2. The minimum Gasteiger partial charge on any atom is -0.492 e. The molecule has 14 heteroatoms. The second kappa shape index (κ2) is 17.6. The van der Waals surface area contributed by atoms with E-state index in [-0.39, 0.29) is 22.8 Å². The fraction of sp³-hybridized carbons (Fsp3) is 0.286. The first-order valence-electron chi connectivity index (χ1n) is 17.7. The van der Waals surface area contributed by atoms with Crippen LogP contribution in [0, 0.1) is 19.3 Å². The summed E-state index contributed by atoms with van der Waals surface area (Å²) in [5.74, 6) is 2.40. The number of benzene rings is 4. The van der Waals surface area contributed by atoms with Crippen LogP contribution in [-0.2, 0) is 24.9 Å². The van der Waals surface area contributed by atoms with E-state index in [1.165, 1.54) is 7.11 Å². The van der Waals surface area contributed by atoms with Crippen molar-refractivity contribution in [2.24, 2.45) is 0 Å². The van der Waals surface area contributed by atoms with Crippen molar-refractivity contribution >= 4 is 55.8 Å². The summed E-state index contributed by atoms with van der Waals surface area (Å²) >= 11 is 0. The third-order valence-corrected chi connectivity index (χ3v) is 9.27. The molecule has 0 fully saturated rings. The Morgan fingerprint density at radius 3 is 2.36 bits per heavy atom. The Bertz CT molecular complexity index is 2420. The number of aryl methyl sites for hydroxylation is 1. The van der Waals surface area contributed by atoms with Crippen LogP contribution in [0.1, 0.15) is 58.2 Å². The van der Waals surface area contributed by atoms with Crippen LogP contribution in [0.4, 0.5) is 23.0 Å². The molecule has 0 aliphatic heterocycles. The number of rotatable bonds is 15. The first kappa shape index (κ1) is 41.2. The van der Waals surface area contributed by atoms with Crippen molar-refractivity contribution in [1.82, 2.24) is 15.3 Å². The van der Waals surface area contributed by atoms with Crippen molar-refractivity contribution in [1.29, 1.82) is 0 Å². The zero-order chi connectivity index (χ0) is 40.6. The highest BCUT2D eigenvalue weighted by atomic mass is 32.2. The summed E-state index contributed by atoms with van der Waals surface area (Å²) < 4.78 is 42.8. The average Bonchev–Trinajstić information content (AvgIpc) is 3.14. The molecular formula is C42H46N6O7S. The quantitative estimate of drug-likeness (QED) is 0.0667. The van der Waals surface area contributed by atoms with Crippen molar-refractivity contribution in [2.45, 2.75) is 33.1 Å². The van der Waals surface area contributed by atoms with Gasteiger partial charge in [-0.15, -0.1) is 6.42 Å². The maximum Gasteiger partial charge on any atom is 0.255 e. The van der Waals surface area contributed by atoms with E-state index < -0.39 is 15.9 Å². The average molecular weight is 779 g/mol. The number of amides is 2. The third kappa shape index (κ3) is 10.6. The number of hydrogen-bond acceptors (Lipinski definition) is 10. The molecular weight excluding hydrogens is 733 g/mol. The maximum absolute atomic E-state index is 13.7. The topological polar surface area (TPSA) is 170 Å². The number of nitrogens with one attached hydrogen (secondary N) is 4. The Morgan fingerprint density at radius 2 is 1.66 bits per heavy atom. The molecule has 4 aromatic carbocycles. The Balaban J connectivity index is 1.36. The van der Waals surface area contributed by atoms with E-state index in [1.54, 1.807) is 55.8 Å². The molecule has 1 heterocycles. The zero-order valence-electron chi connectivity index (χ0n) is 32.5. The van der Waals surface area contributed by atoms with Crippen LogP contribution in [0.3, 0.4) is 0 Å². The lowest BCUT2D eigenvalue weighted by molar-refractivity contribution is 0.0692. The number of hydrogen-bond donors (Lipinski definition) is 4. The number of methoxy groups -OCH3 is 2. The monoisotopic (exact) mass is 778 g/mol. The number of carbonyl (C=O) groups excluding carboxylic acids is 2. The van der Waals surface area contributed by atoms with Crippen molar-refractivity contribution in [3.8, 4) is 29.2 Å². The van der Waals surface area contributed by atoms with Gasteiger partial charge in [0.05, 0.1) is 50.1 Å². The first-order chi connectivity index (χ1) is 26.6. The normalized spacial score (nSPS) is 11.5. The van der Waals surface area contributed by atoms with Gasteiger partial charge in [0.2, 0.25) is 16.0 Å². The van der Waals surface area contributed by atoms with Crippen LogP contribution in [0.15, 0.2) is 72.9 Å². The van der Waals surface area contributed by atoms with E-state index >= 15 is 0 Å².